The highest BCUT2D eigenvalue weighted by molar-refractivity contribution is 7.80. The molecule has 0 saturated carbocycles. The van der Waals surface area contributed by atoms with E-state index in [2.05, 4.69) is 22.7 Å². The lowest BCUT2D eigenvalue weighted by Crippen LogP contribution is -2.24. The van der Waals surface area contributed by atoms with Gasteiger partial charge in [0.1, 0.15) is 5.75 Å². The Kier molecular flexibility index (Phi) is 4.09. The molecule has 1 aromatic rings. The summed E-state index contributed by atoms with van der Waals surface area (Å²) in [6.07, 6.45) is 1.43. The van der Waals surface area contributed by atoms with E-state index in [0.717, 1.165) is 5.56 Å². The topological polar surface area (TPSA) is 70.6 Å². The van der Waals surface area contributed by atoms with E-state index in [-0.39, 0.29) is 10.9 Å². The molecule has 16 heavy (non-hydrogen) atoms. The van der Waals surface area contributed by atoms with Crippen molar-refractivity contribution in [3.63, 3.8) is 0 Å². The number of phenols is 1. The molecule has 0 aliphatic rings. The van der Waals surface area contributed by atoms with Crippen LogP contribution in [0.4, 0.5) is 0 Å². The highest BCUT2D eigenvalue weighted by atomic mass is 35.5. The van der Waals surface area contributed by atoms with Crippen molar-refractivity contribution in [2.45, 2.75) is 13.8 Å². The van der Waals surface area contributed by atoms with Gasteiger partial charge in [-0.05, 0) is 43.3 Å². The molecule has 0 unspecified atom stereocenters. The number of benzene rings is 1. The molecule has 0 amide bonds. The molecule has 0 fully saturated rings. The number of hydrogen-bond acceptors (Lipinski definition) is 3. The Hall–Kier alpha value is -1.33. The van der Waals surface area contributed by atoms with Gasteiger partial charge in [0.15, 0.2) is 5.11 Å². The summed E-state index contributed by atoms with van der Waals surface area (Å²) in [7, 11) is 0. The third-order valence-electron chi connectivity index (χ3n) is 2.10. The maximum absolute atomic E-state index is 9.83. The Morgan fingerprint density at radius 1 is 1.62 bits per heavy atom. The first-order valence-corrected chi connectivity index (χ1v) is 5.29. The fraction of sp³-hybridized carbons (Fsp3) is 0.200. The first-order chi connectivity index (χ1) is 7.43. The van der Waals surface area contributed by atoms with Crippen LogP contribution < -0.4 is 11.2 Å². The van der Waals surface area contributed by atoms with Crippen LogP contribution in [0.2, 0.25) is 5.02 Å². The van der Waals surface area contributed by atoms with E-state index in [1.54, 1.807) is 19.9 Å². The third kappa shape index (κ3) is 2.84. The normalized spacial score (nSPS) is 10.7. The average Bonchev–Trinajstić information content (AvgIpc) is 2.20. The zero-order valence-electron chi connectivity index (χ0n) is 8.91. The van der Waals surface area contributed by atoms with Gasteiger partial charge in [0.25, 0.3) is 0 Å². The average molecular weight is 258 g/mol. The van der Waals surface area contributed by atoms with Gasteiger partial charge in [-0.2, -0.15) is 5.10 Å². The largest absolute Gasteiger partial charge is 0.507 e. The minimum absolute atomic E-state index is 0.0622. The molecule has 1 aromatic carbocycles. The van der Waals surface area contributed by atoms with Gasteiger partial charge in [-0.1, -0.05) is 11.6 Å². The third-order valence-corrected chi connectivity index (χ3v) is 2.59. The molecule has 0 bridgehead atoms. The number of aryl methyl sites for hydroxylation is 1. The van der Waals surface area contributed by atoms with E-state index >= 15 is 0 Å². The minimum Gasteiger partial charge on any atom is -0.507 e. The molecule has 6 heteroatoms. The maximum Gasteiger partial charge on any atom is 0.184 e. The second-order valence-corrected chi connectivity index (χ2v) is 4.14. The predicted octanol–water partition coefficient (Wildman–Crippen LogP) is 1.83. The van der Waals surface area contributed by atoms with Crippen molar-refractivity contribution in [3.8, 4) is 5.75 Å². The summed E-state index contributed by atoms with van der Waals surface area (Å²) in [6, 6.07) is 1.70. The van der Waals surface area contributed by atoms with E-state index in [0.29, 0.717) is 16.1 Å². The van der Waals surface area contributed by atoms with Gasteiger partial charge >= 0.3 is 0 Å². The van der Waals surface area contributed by atoms with Crippen molar-refractivity contribution in [1.82, 2.24) is 5.43 Å². The van der Waals surface area contributed by atoms with Crippen LogP contribution in [0, 0.1) is 13.8 Å². The van der Waals surface area contributed by atoms with Gasteiger partial charge in [-0.3, -0.25) is 5.43 Å². The van der Waals surface area contributed by atoms with Crippen LogP contribution in [-0.2, 0) is 0 Å². The Bertz CT molecular complexity index is 434. The Labute approximate surface area is 104 Å². The summed E-state index contributed by atoms with van der Waals surface area (Å²) in [5.74, 6) is 0.149. The molecule has 4 N–H and O–H groups in total. The second kappa shape index (κ2) is 5.14. The molecule has 0 aliphatic heterocycles. The highest BCUT2D eigenvalue weighted by Gasteiger charge is 2.09. The standard InChI is InChI=1S/C10H12ClN3OS/c1-5-3-8(11)6(2)7(9(5)15)4-13-14-10(12)16/h3-4,15H,1-2H3,(H3,12,14,16). The van der Waals surface area contributed by atoms with Crippen LogP contribution in [0.15, 0.2) is 11.2 Å². The number of hydrazone groups is 1. The van der Waals surface area contributed by atoms with Crippen molar-refractivity contribution >= 4 is 35.1 Å². The lowest BCUT2D eigenvalue weighted by molar-refractivity contribution is 0.470. The van der Waals surface area contributed by atoms with Crippen LogP contribution >= 0.6 is 23.8 Å². The number of nitrogens with two attached hydrogens (primary N) is 1. The Morgan fingerprint density at radius 2 is 2.25 bits per heavy atom. The van der Waals surface area contributed by atoms with E-state index in [9.17, 15) is 5.11 Å². The molecule has 0 radical (unpaired) electrons. The summed E-state index contributed by atoms with van der Waals surface area (Å²) in [5.41, 5.74) is 9.61. The Balaban J connectivity index is 3.12. The highest BCUT2D eigenvalue weighted by Crippen LogP contribution is 2.29. The van der Waals surface area contributed by atoms with Crippen LogP contribution in [-0.4, -0.2) is 16.4 Å². The molecule has 0 spiro atoms. The van der Waals surface area contributed by atoms with E-state index in [4.69, 9.17) is 17.3 Å². The number of thiocarbonyl (C=S) groups is 1. The minimum atomic E-state index is 0.0622. The summed E-state index contributed by atoms with van der Waals surface area (Å²) in [6.45, 7) is 3.56. The molecule has 0 heterocycles. The Morgan fingerprint density at radius 3 is 2.81 bits per heavy atom. The zero-order chi connectivity index (χ0) is 12.3. The molecule has 0 saturated heterocycles. The lowest BCUT2D eigenvalue weighted by atomic mass is 10.0. The van der Waals surface area contributed by atoms with Crippen molar-refractivity contribution in [2.75, 3.05) is 0 Å². The van der Waals surface area contributed by atoms with Crippen molar-refractivity contribution in [3.05, 3.63) is 27.8 Å². The van der Waals surface area contributed by atoms with E-state index in [1.165, 1.54) is 6.21 Å². The number of nitrogens with zero attached hydrogens (tertiary/aromatic N) is 1. The molecule has 86 valence electrons. The van der Waals surface area contributed by atoms with Crippen molar-refractivity contribution in [2.24, 2.45) is 10.8 Å². The van der Waals surface area contributed by atoms with E-state index in [1.807, 2.05) is 0 Å². The molecule has 1 rings (SSSR count). The van der Waals surface area contributed by atoms with Crippen LogP contribution in [0.5, 0.6) is 5.75 Å². The molecular weight excluding hydrogens is 246 g/mol. The first kappa shape index (κ1) is 12.7. The molecule has 0 atom stereocenters. The fourth-order valence-electron chi connectivity index (χ4n) is 1.20. The summed E-state index contributed by atoms with van der Waals surface area (Å²) in [5, 5.41) is 14.2. The molecule has 0 aliphatic carbocycles. The van der Waals surface area contributed by atoms with Gasteiger partial charge in [-0.25, -0.2) is 0 Å². The van der Waals surface area contributed by atoms with Crippen molar-refractivity contribution < 1.29 is 5.11 Å². The quantitative estimate of drug-likeness (QED) is 0.429. The predicted molar refractivity (Wildman–Crippen MR) is 70.1 cm³/mol. The van der Waals surface area contributed by atoms with Gasteiger partial charge in [-0.15, -0.1) is 0 Å². The number of nitrogens with one attached hydrogen (secondary N) is 1. The number of rotatable bonds is 2. The SMILES string of the molecule is Cc1cc(Cl)c(C)c(C=NNC(N)=S)c1O. The molecule has 0 aromatic heterocycles. The number of halogens is 1. The maximum atomic E-state index is 9.83. The number of hydrogen-bond donors (Lipinski definition) is 3. The smallest absolute Gasteiger partial charge is 0.184 e. The van der Waals surface area contributed by atoms with E-state index < -0.39 is 0 Å². The van der Waals surface area contributed by atoms with Crippen LogP contribution in [0.3, 0.4) is 0 Å². The van der Waals surface area contributed by atoms with Crippen molar-refractivity contribution in [1.29, 1.82) is 0 Å². The number of aromatic hydroxyl groups is 1. The zero-order valence-corrected chi connectivity index (χ0v) is 10.5. The monoisotopic (exact) mass is 257 g/mol. The van der Waals surface area contributed by atoms with Gasteiger partial charge < -0.3 is 10.8 Å². The fourth-order valence-corrected chi connectivity index (χ4v) is 1.52. The molecule has 4 nitrogen and oxygen atoms in total. The van der Waals surface area contributed by atoms with Gasteiger partial charge in [0.2, 0.25) is 0 Å². The van der Waals surface area contributed by atoms with Gasteiger partial charge in [0.05, 0.1) is 6.21 Å². The summed E-state index contributed by atoms with van der Waals surface area (Å²) < 4.78 is 0. The van der Waals surface area contributed by atoms with Crippen LogP contribution in [0.1, 0.15) is 16.7 Å². The second-order valence-electron chi connectivity index (χ2n) is 3.30. The molecular formula is C10H12ClN3OS. The number of phenolic OH excluding ortho intramolecular Hbond substituents is 1. The first-order valence-electron chi connectivity index (χ1n) is 4.50. The van der Waals surface area contributed by atoms with Crippen LogP contribution in [0.25, 0.3) is 0 Å². The van der Waals surface area contributed by atoms with Gasteiger partial charge in [0, 0.05) is 10.6 Å². The lowest BCUT2D eigenvalue weighted by Gasteiger charge is -2.08. The summed E-state index contributed by atoms with van der Waals surface area (Å²) >= 11 is 10.6. The summed E-state index contributed by atoms with van der Waals surface area (Å²) in [4.78, 5) is 0.